The normalized spacial score (nSPS) is 26.2. The number of aliphatic carboxylic acids is 1. The summed E-state index contributed by atoms with van der Waals surface area (Å²) in [7, 11) is 0. The van der Waals surface area contributed by atoms with E-state index in [0.29, 0.717) is 24.9 Å². The van der Waals surface area contributed by atoms with Crippen LogP contribution in [0.5, 0.6) is 0 Å². The van der Waals surface area contributed by atoms with E-state index in [1.165, 1.54) is 12.0 Å². The van der Waals surface area contributed by atoms with Crippen molar-refractivity contribution in [2.24, 2.45) is 17.3 Å². The third kappa shape index (κ3) is 5.03. The SMILES string of the molecule is O=C(O)C(CCOC1CC(CCc2ccc3c(n2)NCCC3)C1)NC(=O)C1(C2CC2)CCC1. The Labute approximate surface area is 196 Å². The highest BCUT2D eigenvalue weighted by atomic mass is 16.5. The minimum Gasteiger partial charge on any atom is -0.480 e. The molecule has 3 N–H and O–H groups in total. The fourth-order valence-electron chi connectivity index (χ4n) is 5.83. The molecule has 3 aliphatic carbocycles. The molecule has 0 spiro atoms. The number of pyridine rings is 1. The van der Waals surface area contributed by atoms with Gasteiger partial charge in [-0.1, -0.05) is 12.5 Å². The van der Waals surface area contributed by atoms with Crippen molar-refractivity contribution in [1.82, 2.24) is 10.3 Å². The summed E-state index contributed by atoms with van der Waals surface area (Å²) in [4.78, 5) is 29.3. The fraction of sp³-hybridized carbons (Fsp3) is 0.731. The van der Waals surface area contributed by atoms with Crippen LogP contribution in [-0.2, 0) is 27.2 Å². The summed E-state index contributed by atoms with van der Waals surface area (Å²) in [5.74, 6) is 1.17. The zero-order valence-electron chi connectivity index (χ0n) is 19.5. The number of rotatable bonds is 11. The third-order valence-electron chi connectivity index (χ3n) is 8.37. The van der Waals surface area contributed by atoms with Crippen LogP contribution < -0.4 is 10.6 Å². The number of fused-ring (bicyclic) bond motifs is 1. The summed E-state index contributed by atoms with van der Waals surface area (Å²) in [6, 6.07) is 3.52. The lowest BCUT2D eigenvalue weighted by Gasteiger charge is -2.41. The number of amides is 1. The van der Waals surface area contributed by atoms with Crippen LogP contribution in [0.2, 0.25) is 0 Å². The zero-order chi connectivity index (χ0) is 22.8. The summed E-state index contributed by atoms with van der Waals surface area (Å²) in [5, 5.41) is 15.8. The van der Waals surface area contributed by atoms with Crippen LogP contribution in [0.4, 0.5) is 5.82 Å². The molecule has 1 unspecified atom stereocenters. The Hall–Kier alpha value is -2.15. The van der Waals surface area contributed by atoms with Gasteiger partial charge in [0.25, 0.3) is 0 Å². The Morgan fingerprint density at radius 2 is 2.06 bits per heavy atom. The van der Waals surface area contributed by atoms with Gasteiger partial charge in [-0.2, -0.15) is 0 Å². The Kier molecular flexibility index (Phi) is 6.59. The Morgan fingerprint density at radius 1 is 1.24 bits per heavy atom. The molecule has 2 heterocycles. The molecule has 1 aromatic heterocycles. The number of hydrogen-bond donors (Lipinski definition) is 3. The van der Waals surface area contributed by atoms with Gasteiger partial charge in [-0.25, -0.2) is 9.78 Å². The maximum absolute atomic E-state index is 12.8. The molecule has 0 aromatic carbocycles. The molecule has 0 radical (unpaired) electrons. The molecule has 3 fully saturated rings. The van der Waals surface area contributed by atoms with Gasteiger partial charge in [0.05, 0.1) is 11.5 Å². The highest BCUT2D eigenvalue weighted by molar-refractivity contribution is 5.88. The number of hydrogen-bond acceptors (Lipinski definition) is 5. The smallest absolute Gasteiger partial charge is 0.326 e. The predicted molar refractivity (Wildman–Crippen MR) is 125 cm³/mol. The van der Waals surface area contributed by atoms with Crippen molar-refractivity contribution in [3.05, 3.63) is 23.4 Å². The van der Waals surface area contributed by atoms with Crippen molar-refractivity contribution >= 4 is 17.7 Å². The van der Waals surface area contributed by atoms with E-state index in [0.717, 1.165) is 82.3 Å². The Bertz CT molecular complexity index is 874. The van der Waals surface area contributed by atoms with E-state index >= 15 is 0 Å². The first-order chi connectivity index (χ1) is 16.0. The number of ether oxygens (including phenoxy) is 1. The van der Waals surface area contributed by atoms with Crippen LogP contribution in [0.1, 0.15) is 75.5 Å². The van der Waals surface area contributed by atoms with Crippen LogP contribution in [0.15, 0.2) is 12.1 Å². The van der Waals surface area contributed by atoms with Crippen LogP contribution >= 0.6 is 0 Å². The average molecular weight is 456 g/mol. The van der Waals surface area contributed by atoms with Crippen molar-refractivity contribution in [2.75, 3.05) is 18.5 Å². The monoisotopic (exact) mass is 455 g/mol. The van der Waals surface area contributed by atoms with Gasteiger partial charge in [-0.05, 0) is 87.7 Å². The molecule has 1 aliphatic heterocycles. The lowest BCUT2D eigenvalue weighted by atomic mass is 9.64. The number of aromatic nitrogens is 1. The van der Waals surface area contributed by atoms with Gasteiger partial charge in [-0.15, -0.1) is 0 Å². The average Bonchev–Trinajstić information content (AvgIpc) is 3.58. The Morgan fingerprint density at radius 3 is 2.76 bits per heavy atom. The number of anilines is 1. The van der Waals surface area contributed by atoms with E-state index in [1.54, 1.807) is 0 Å². The summed E-state index contributed by atoms with van der Waals surface area (Å²) in [5.41, 5.74) is 2.20. The van der Waals surface area contributed by atoms with Crippen LogP contribution in [0.3, 0.4) is 0 Å². The van der Waals surface area contributed by atoms with E-state index in [-0.39, 0.29) is 17.4 Å². The molecule has 7 heteroatoms. The maximum atomic E-state index is 12.8. The molecule has 0 bridgehead atoms. The molecule has 1 amide bonds. The van der Waals surface area contributed by atoms with E-state index in [1.807, 2.05) is 0 Å². The first-order valence-electron chi connectivity index (χ1n) is 12.9. The summed E-state index contributed by atoms with van der Waals surface area (Å²) < 4.78 is 5.94. The lowest BCUT2D eigenvalue weighted by Crippen LogP contribution is -2.52. The molecule has 5 rings (SSSR count). The van der Waals surface area contributed by atoms with Gasteiger partial charge in [0, 0.05) is 25.3 Å². The standard InChI is InChI=1S/C26H37N3O4/c30-24(31)22(29-25(32)26(11-2-12-26)19-6-7-19)10-14-33-21-15-17(16-21)4-8-20-9-5-18-3-1-13-27-23(18)28-20/h5,9,17,19,21-22H,1-4,6-8,10-16H2,(H,27,28)(H,29,32)(H,30,31). The van der Waals surface area contributed by atoms with E-state index in [9.17, 15) is 14.7 Å². The van der Waals surface area contributed by atoms with Gasteiger partial charge in [0.2, 0.25) is 5.91 Å². The second-order valence-electron chi connectivity index (χ2n) is 10.6. The second kappa shape index (κ2) is 9.61. The number of nitrogens with zero attached hydrogens (tertiary/aromatic N) is 1. The zero-order valence-corrected chi connectivity index (χ0v) is 19.5. The van der Waals surface area contributed by atoms with E-state index in [4.69, 9.17) is 9.72 Å². The highest BCUT2D eigenvalue weighted by Crippen LogP contribution is 2.57. The van der Waals surface area contributed by atoms with Crippen molar-refractivity contribution in [1.29, 1.82) is 0 Å². The highest BCUT2D eigenvalue weighted by Gasteiger charge is 2.54. The molecule has 1 aromatic rings. The second-order valence-corrected chi connectivity index (χ2v) is 10.6. The largest absolute Gasteiger partial charge is 0.480 e. The quantitative estimate of drug-likeness (QED) is 0.470. The number of aryl methyl sites for hydroxylation is 2. The first-order valence-corrected chi connectivity index (χ1v) is 12.9. The van der Waals surface area contributed by atoms with Gasteiger partial charge in [0.15, 0.2) is 0 Å². The van der Waals surface area contributed by atoms with Gasteiger partial charge < -0.3 is 20.5 Å². The Balaban J connectivity index is 0.998. The first kappa shape index (κ1) is 22.6. The molecular weight excluding hydrogens is 418 g/mol. The fourth-order valence-corrected chi connectivity index (χ4v) is 5.83. The predicted octanol–water partition coefficient (Wildman–Crippen LogP) is 3.71. The van der Waals surface area contributed by atoms with Gasteiger partial charge in [0.1, 0.15) is 11.9 Å². The van der Waals surface area contributed by atoms with Crippen molar-refractivity contribution < 1.29 is 19.4 Å². The number of carboxylic acid groups (broad SMARTS) is 1. The number of carbonyl (C=O) groups excluding carboxylic acids is 1. The third-order valence-corrected chi connectivity index (χ3v) is 8.37. The lowest BCUT2D eigenvalue weighted by molar-refractivity contribution is -0.147. The minimum absolute atomic E-state index is 0.0432. The van der Waals surface area contributed by atoms with Crippen molar-refractivity contribution in [2.45, 2.75) is 89.2 Å². The van der Waals surface area contributed by atoms with Crippen LogP contribution in [0, 0.1) is 17.3 Å². The molecule has 4 aliphatic rings. The van der Waals surface area contributed by atoms with Crippen molar-refractivity contribution in [3.63, 3.8) is 0 Å². The minimum atomic E-state index is -0.962. The molecule has 0 saturated heterocycles. The summed E-state index contributed by atoms with van der Waals surface area (Å²) >= 11 is 0. The van der Waals surface area contributed by atoms with Gasteiger partial charge >= 0.3 is 5.97 Å². The molecule has 180 valence electrons. The summed E-state index contributed by atoms with van der Waals surface area (Å²) in [6.07, 6.45) is 12.1. The number of nitrogens with one attached hydrogen (secondary N) is 2. The molecule has 1 atom stereocenters. The van der Waals surface area contributed by atoms with E-state index < -0.39 is 12.0 Å². The van der Waals surface area contributed by atoms with Crippen LogP contribution in [-0.4, -0.2) is 47.3 Å². The molecular formula is C26H37N3O4. The van der Waals surface area contributed by atoms with E-state index in [2.05, 4.69) is 22.8 Å². The molecule has 3 saturated carbocycles. The number of carboxylic acids is 1. The molecule has 7 nitrogen and oxygen atoms in total. The van der Waals surface area contributed by atoms with Crippen LogP contribution in [0.25, 0.3) is 0 Å². The molecule has 33 heavy (non-hydrogen) atoms. The van der Waals surface area contributed by atoms with Gasteiger partial charge in [-0.3, -0.25) is 4.79 Å². The maximum Gasteiger partial charge on any atom is 0.326 e. The summed E-state index contributed by atoms with van der Waals surface area (Å²) in [6.45, 7) is 1.39. The number of carbonyl (C=O) groups is 2. The topological polar surface area (TPSA) is 101 Å². The van der Waals surface area contributed by atoms with Crippen molar-refractivity contribution in [3.8, 4) is 0 Å².